The molecule has 1 aromatic rings. The molecule has 5 unspecified atom stereocenters. The molecule has 3 fully saturated rings. The lowest BCUT2D eigenvalue weighted by Gasteiger charge is -2.51. The molecule has 3 aliphatic heterocycles. The topological polar surface area (TPSA) is 109 Å². The van der Waals surface area contributed by atoms with Crippen molar-refractivity contribution in [3.05, 3.63) is 35.9 Å². The van der Waals surface area contributed by atoms with Gasteiger partial charge in [0.1, 0.15) is 42.7 Å². The van der Waals surface area contributed by atoms with E-state index in [9.17, 15) is 4.79 Å². The number of rotatable bonds is 21. The van der Waals surface area contributed by atoms with Gasteiger partial charge in [-0.15, -0.1) is 0 Å². The van der Waals surface area contributed by atoms with E-state index in [1.807, 2.05) is 37.3 Å². The third kappa shape index (κ3) is 11.7. The molecule has 0 saturated carbocycles. The quantitative estimate of drug-likeness (QED) is 0.107. The molecule has 0 spiro atoms. The van der Waals surface area contributed by atoms with Crippen LogP contribution in [0.4, 0.5) is 0 Å². The number of hydrogen-bond acceptors (Lipinski definition) is 11. The number of carbonyl (C=O) groups excluding carboxylic acids is 1. The molecule has 1 aromatic carbocycles. The van der Waals surface area contributed by atoms with Gasteiger partial charge in [-0.3, -0.25) is 4.79 Å². The molecular weight excluding hydrogens is 632 g/mol. The number of unbranched alkanes of at least 4 members (excludes halogenated alkanes) is 4. The molecule has 0 bridgehead atoms. The van der Waals surface area contributed by atoms with Crippen molar-refractivity contribution in [1.29, 1.82) is 0 Å². The number of benzene rings is 1. The van der Waals surface area contributed by atoms with Crippen molar-refractivity contribution in [1.82, 2.24) is 0 Å². The second-order valence-corrected chi connectivity index (χ2v) is 13.3. The molecule has 4 rings (SSSR count). The molecule has 0 radical (unpaired) electrons. The lowest BCUT2D eigenvalue weighted by atomic mass is 9.93. The summed E-state index contributed by atoms with van der Waals surface area (Å²) < 4.78 is 64.5. The van der Waals surface area contributed by atoms with Crippen molar-refractivity contribution >= 4 is 5.97 Å². The normalized spacial score (nSPS) is 33.2. The Hall–Kier alpha value is -1.67. The minimum Gasteiger partial charge on any atom is -0.454 e. The van der Waals surface area contributed by atoms with E-state index in [2.05, 4.69) is 27.7 Å². The van der Waals surface area contributed by atoms with Gasteiger partial charge in [0.15, 0.2) is 18.7 Å². The third-order valence-electron chi connectivity index (χ3n) is 9.16. The summed E-state index contributed by atoms with van der Waals surface area (Å²) in [4.78, 5) is 12.6. The molecule has 3 heterocycles. The molecule has 0 amide bonds. The molecule has 3 saturated heterocycles. The summed E-state index contributed by atoms with van der Waals surface area (Å²) in [5.41, 5.74) is 0.919. The maximum atomic E-state index is 12.6. The monoisotopic (exact) mass is 694 g/mol. The van der Waals surface area contributed by atoms with Crippen LogP contribution in [-0.4, -0.2) is 107 Å². The molecule has 0 N–H and O–H groups in total. The highest BCUT2D eigenvalue weighted by molar-refractivity contribution is 5.66. The number of esters is 1. The van der Waals surface area contributed by atoms with Crippen molar-refractivity contribution in [3.63, 3.8) is 0 Å². The van der Waals surface area contributed by atoms with Crippen LogP contribution in [0.5, 0.6) is 0 Å². The van der Waals surface area contributed by atoms with Gasteiger partial charge in [-0.2, -0.15) is 0 Å². The highest BCUT2D eigenvalue weighted by Crippen LogP contribution is 2.38. The Labute approximate surface area is 293 Å². The zero-order chi connectivity index (χ0) is 35.0. The minimum absolute atomic E-state index is 0.286. The van der Waals surface area contributed by atoms with E-state index < -0.39 is 67.4 Å². The molecule has 11 heteroatoms. The van der Waals surface area contributed by atoms with Crippen LogP contribution in [0.1, 0.15) is 105 Å². The van der Waals surface area contributed by atoms with E-state index in [-0.39, 0.29) is 12.7 Å². The van der Waals surface area contributed by atoms with E-state index in [0.717, 1.165) is 56.9 Å². The van der Waals surface area contributed by atoms with Crippen molar-refractivity contribution in [2.75, 3.05) is 39.6 Å². The van der Waals surface area contributed by atoms with E-state index in [1.54, 1.807) is 0 Å². The molecule has 0 aromatic heterocycles. The fraction of sp³-hybridized carbons (Fsp3) is 0.816. The largest absolute Gasteiger partial charge is 0.454 e. The van der Waals surface area contributed by atoms with Crippen LogP contribution in [0.2, 0.25) is 0 Å². The Balaban J connectivity index is 1.64. The zero-order valence-electron chi connectivity index (χ0n) is 30.6. The lowest BCUT2D eigenvalue weighted by molar-refractivity contribution is -0.372. The fourth-order valence-electron chi connectivity index (χ4n) is 6.44. The van der Waals surface area contributed by atoms with Crippen molar-refractivity contribution in [2.45, 2.75) is 160 Å². The van der Waals surface area contributed by atoms with E-state index >= 15 is 0 Å². The second-order valence-electron chi connectivity index (χ2n) is 13.3. The van der Waals surface area contributed by atoms with Crippen LogP contribution in [0.15, 0.2) is 30.3 Å². The van der Waals surface area contributed by atoms with Gasteiger partial charge in [-0.25, -0.2) is 0 Å². The van der Waals surface area contributed by atoms with Crippen LogP contribution in [0.3, 0.4) is 0 Å². The van der Waals surface area contributed by atoms with Crippen molar-refractivity contribution < 1.29 is 52.2 Å². The van der Waals surface area contributed by atoms with E-state index in [4.69, 9.17) is 47.4 Å². The van der Waals surface area contributed by atoms with E-state index in [0.29, 0.717) is 33.0 Å². The lowest BCUT2D eigenvalue weighted by Crippen LogP contribution is -2.66. The fourth-order valence-corrected chi connectivity index (χ4v) is 6.44. The van der Waals surface area contributed by atoms with Crippen LogP contribution in [0.25, 0.3) is 0 Å². The number of carbonyl (C=O) groups is 1. The van der Waals surface area contributed by atoms with Crippen molar-refractivity contribution in [2.24, 2.45) is 0 Å². The zero-order valence-corrected chi connectivity index (χ0v) is 30.6. The predicted molar refractivity (Wildman–Crippen MR) is 183 cm³/mol. The first-order valence-corrected chi connectivity index (χ1v) is 18.8. The third-order valence-corrected chi connectivity index (χ3v) is 9.16. The predicted octanol–water partition coefficient (Wildman–Crippen LogP) is 6.30. The first kappa shape index (κ1) is 40.1. The standard InChI is InChI=1S/C38H62O11/c1-7-11-20-40-24-29-32(41-21-12-8-2)35(43-23-14-10-4)36(46-27(6)39)38(47-29)48-31-26(5)45-30-25-44-37(28-18-16-15-17-19-28)49-33(30)34(31)42-22-13-9-3/h15-19,26,29-38H,7-14,20-25H2,1-6H3/t26-,29?,30?,31?,32-,33-,34-,35+,36?,37?,38+/m1/s1. The summed E-state index contributed by atoms with van der Waals surface area (Å²) in [7, 11) is 0. The van der Waals surface area contributed by atoms with Crippen molar-refractivity contribution in [3.8, 4) is 0 Å². The molecule has 280 valence electrons. The van der Waals surface area contributed by atoms with Gasteiger partial charge >= 0.3 is 5.97 Å². The summed E-state index contributed by atoms with van der Waals surface area (Å²) in [5.74, 6) is -0.460. The summed E-state index contributed by atoms with van der Waals surface area (Å²) in [6.45, 7) is 14.6. The maximum absolute atomic E-state index is 12.6. The van der Waals surface area contributed by atoms with Gasteiger partial charge in [0.05, 0.1) is 19.3 Å². The first-order valence-electron chi connectivity index (χ1n) is 18.8. The highest BCUT2D eigenvalue weighted by Gasteiger charge is 2.55. The van der Waals surface area contributed by atoms with Gasteiger partial charge in [-0.1, -0.05) is 83.7 Å². The molecule has 11 atom stereocenters. The first-order chi connectivity index (χ1) is 23.9. The van der Waals surface area contributed by atoms with Crippen LogP contribution in [-0.2, 0) is 52.2 Å². The van der Waals surface area contributed by atoms with Gasteiger partial charge < -0.3 is 47.4 Å². The highest BCUT2D eigenvalue weighted by atomic mass is 16.8. The summed E-state index contributed by atoms with van der Waals surface area (Å²) >= 11 is 0. The number of ether oxygens (including phenoxy) is 10. The number of fused-ring (bicyclic) bond motifs is 1. The van der Waals surface area contributed by atoms with Crippen LogP contribution in [0, 0.1) is 0 Å². The molecular formula is C38H62O11. The van der Waals surface area contributed by atoms with Gasteiger partial charge in [0.2, 0.25) is 0 Å². The smallest absolute Gasteiger partial charge is 0.303 e. The Morgan fingerprint density at radius 1 is 0.735 bits per heavy atom. The van der Waals surface area contributed by atoms with Gasteiger partial charge in [-0.05, 0) is 32.6 Å². The van der Waals surface area contributed by atoms with Crippen LogP contribution < -0.4 is 0 Å². The average molecular weight is 695 g/mol. The molecule has 49 heavy (non-hydrogen) atoms. The Morgan fingerprint density at radius 2 is 1.35 bits per heavy atom. The summed E-state index contributed by atoms with van der Waals surface area (Å²) in [6, 6.07) is 9.86. The Kier molecular flexibility index (Phi) is 17.7. The minimum atomic E-state index is -1.00. The van der Waals surface area contributed by atoms with Crippen LogP contribution >= 0.6 is 0 Å². The molecule has 3 aliphatic rings. The molecule has 0 aliphatic carbocycles. The Bertz CT molecular complexity index is 1040. The second kappa shape index (κ2) is 21.6. The average Bonchev–Trinajstić information content (AvgIpc) is 3.10. The van der Waals surface area contributed by atoms with Gasteiger partial charge in [0, 0.05) is 38.9 Å². The summed E-state index contributed by atoms with van der Waals surface area (Å²) in [6.07, 6.45) is 0.954. The SMILES string of the molecule is CCCCOCC1O[C@@H](OC2[C@@H](OCCCC)[C@@H]3OC(c4ccccc4)OCC3O[C@@H]2C)C(OC(C)=O)[C@@H](OCCCC)[C@@H]1OCCCC. The van der Waals surface area contributed by atoms with Gasteiger partial charge in [0.25, 0.3) is 0 Å². The maximum Gasteiger partial charge on any atom is 0.303 e. The van der Waals surface area contributed by atoms with E-state index in [1.165, 1.54) is 6.92 Å². The number of hydrogen-bond donors (Lipinski definition) is 0. The molecule has 11 nitrogen and oxygen atoms in total. The Morgan fingerprint density at radius 3 is 1.98 bits per heavy atom. The summed E-state index contributed by atoms with van der Waals surface area (Å²) in [5, 5.41) is 0.